The molecule has 0 fully saturated rings. The number of nitrogens with zero attached hydrogens (tertiary/aromatic N) is 3. The van der Waals surface area contributed by atoms with Crippen LogP contribution < -0.4 is 0 Å². The minimum Gasteiger partial charge on any atom is -0.236 e. The quantitative estimate of drug-likeness (QED) is 0.408. The molecule has 2 aromatic rings. The van der Waals surface area contributed by atoms with E-state index < -0.39 is 0 Å². The number of fused-ring (bicyclic) bond motifs is 1. The topological polar surface area (TPSA) is 55.2 Å². The van der Waals surface area contributed by atoms with Crippen LogP contribution in [0.15, 0.2) is 29.5 Å². The van der Waals surface area contributed by atoms with Gasteiger partial charge in [-0.1, -0.05) is 11.6 Å². The summed E-state index contributed by atoms with van der Waals surface area (Å²) in [6.07, 6.45) is 2.84. The van der Waals surface area contributed by atoms with Gasteiger partial charge in [0.2, 0.25) is 6.08 Å². The average Bonchev–Trinajstić information content (AvgIpc) is 2.20. The van der Waals surface area contributed by atoms with E-state index in [1.54, 1.807) is 18.2 Å². The Balaban J connectivity index is 2.75. The molecule has 0 unspecified atom stereocenters. The highest BCUT2D eigenvalue weighted by atomic mass is 35.5. The Morgan fingerprint density at radius 1 is 1.36 bits per heavy atom. The van der Waals surface area contributed by atoms with Crippen LogP contribution in [0, 0.1) is 0 Å². The van der Waals surface area contributed by atoms with E-state index >= 15 is 0 Å². The summed E-state index contributed by atoms with van der Waals surface area (Å²) < 4.78 is 0. The fraction of sp³-hybridized carbons (Fsp3) is 0. The van der Waals surface area contributed by atoms with Crippen molar-refractivity contribution in [2.75, 3.05) is 0 Å². The van der Waals surface area contributed by atoms with E-state index in [4.69, 9.17) is 11.6 Å². The molecule has 1 heterocycles. The minimum absolute atomic E-state index is 0.345. The molecule has 0 bridgehead atoms. The molecule has 0 N–H and O–H groups in total. The van der Waals surface area contributed by atoms with Gasteiger partial charge in [0, 0.05) is 5.39 Å². The first-order chi connectivity index (χ1) is 6.81. The first-order valence-corrected chi connectivity index (χ1v) is 4.17. The second kappa shape index (κ2) is 3.54. The van der Waals surface area contributed by atoms with Crippen LogP contribution in [-0.4, -0.2) is 16.0 Å². The number of carbonyl (C=O) groups excluding carboxylic acids is 1. The summed E-state index contributed by atoms with van der Waals surface area (Å²) in [4.78, 5) is 21.3. The number of rotatable bonds is 1. The Labute approximate surface area is 84.3 Å². The molecule has 0 radical (unpaired) electrons. The van der Waals surface area contributed by atoms with Crippen molar-refractivity contribution in [3.8, 4) is 0 Å². The summed E-state index contributed by atoms with van der Waals surface area (Å²) in [6.45, 7) is 0. The minimum atomic E-state index is 0.345. The maximum Gasteiger partial charge on any atom is 0.240 e. The lowest BCUT2D eigenvalue weighted by Crippen LogP contribution is -1.82. The molecule has 0 aliphatic carbocycles. The lowest BCUT2D eigenvalue weighted by Gasteiger charge is -1.98. The summed E-state index contributed by atoms with van der Waals surface area (Å²) in [6, 6.07) is 5.03. The number of benzene rings is 1. The highest BCUT2D eigenvalue weighted by Crippen LogP contribution is 2.23. The van der Waals surface area contributed by atoms with Gasteiger partial charge in [-0.05, 0) is 18.2 Å². The fourth-order valence-corrected chi connectivity index (χ4v) is 1.33. The molecule has 0 aliphatic rings. The molecular weight excluding hydrogens is 202 g/mol. The Hall–Kier alpha value is -1.77. The van der Waals surface area contributed by atoms with E-state index in [0.29, 0.717) is 16.2 Å². The summed E-state index contributed by atoms with van der Waals surface area (Å²) in [5.74, 6) is 0. The molecule has 4 nitrogen and oxygen atoms in total. The van der Waals surface area contributed by atoms with E-state index in [0.717, 1.165) is 5.52 Å². The highest BCUT2D eigenvalue weighted by Gasteiger charge is 2.01. The van der Waals surface area contributed by atoms with Crippen LogP contribution in [0.1, 0.15) is 0 Å². The number of hydrogen-bond donors (Lipinski definition) is 0. The number of aromatic nitrogens is 2. The Kier molecular flexibility index (Phi) is 2.23. The first-order valence-electron chi connectivity index (χ1n) is 3.79. The Bertz CT molecular complexity index is 535. The van der Waals surface area contributed by atoms with Gasteiger partial charge in [0.05, 0.1) is 11.2 Å². The van der Waals surface area contributed by atoms with Crippen molar-refractivity contribution in [2.45, 2.75) is 0 Å². The molecule has 14 heavy (non-hydrogen) atoms. The van der Waals surface area contributed by atoms with Gasteiger partial charge in [0.1, 0.15) is 11.5 Å². The standard InChI is InChI=1S/C9H4ClN3O/c10-9-7-3-6(13-5-14)1-2-8(7)11-4-12-9/h1-4H. The molecular formula is C9H4ClN3O. The summed E-state index contributed by atoms with van der Waals surface area (Å²) in [5.41, 5.74) is 1.21. The smallest absolute Gasteiger partial charge is 0.236 e. The van der Waals surface area contributed by atoms with E-state index in [1.807, 2.05) is 0 Å². The predicted octanol–water partition coefficient (Wildman–Crippen LogP) is 2.25. The number of isocyanates is 1. The van der Waals surface area contributed by atoms with Crippen molar-refractivity contribution < 1.29 is 4.79 Å². The molecule has 0 saturated heterocycles. The lowest BCUT2D eigenvalue weighted by molar-refractivity contribution is 0.565. The average molecular weight is 206 g/mol. The third-order valence-corrected chi connectivity index (χ3v) is 2.05. The van der Waals surface area contributed by atoms with E-state index in [1.165, 1.54) is 12.4 Å². The first kappa shape index (κ1) is 8.81. The zero-order valence-electron chi connectivity index (χ0n) is 6.94. The Morgan fingerprint density at radius 2 is 2.21 bits per heavy atom. The van der Waals surface area contributed by atoms with Gasteiger partial charge in [-0.3, -0.25) is 0 Å². The van der Waals surface area contributed by atoms with Crippen LogP contribution in [0.5, 0.6) is 0 Å². The molecule has 1 aromatic heterocycles. The third kappa shape index (κ3) is 1.48. The molecule has 0 saturated carbocycles. The van der Waals surface area contributed by atoms with E-state index in [2.05, 4.69) is 15.0 Å². The van der Waals surface area contributed by atoms with Crippen LogP contribution >= 0.6 is 11.6 Å². The molecule has 5 heteroatoms. The van der Waals surface area contributed by atoms with Crippen molar-refractivity contribution in [1.29, 1.82) is 0 Å². The van der Waals surface area contributed by atoms with Gasteiger partial charge >= 0.3 is 0 Å². The van der Waals surface area contributed by atoms with Crippen molar-refractivity contribution in [3.05, 3.63) is 29.7 Å². The van der Waals surface area contributed by atoms with Gasteiger partial charge in [-0.2, -0.15) is 4.99 Å². The maximum atomic E-state index is 10.0. The molecule has 0 spiro atoms. The van der Waals surface area contributed by atoms with Gasteiger partial charge in [-0.15, -0.1) is 0 Å². The van der Waals surface area contributed by atoms with Crippen molar-refractivity contribution >= 4 is 34.3 Å². The SMILES string of the molecule is O=C=Nc1ccc2ncnc(Cl)c2c1. The summed E-state index contributed by atoms with van der Waals surface area (Å²) in [5, 5.41) is 1.02. The van der Waals surface area contributed by atoms with Crippen LogP contribution in [-0.2, 0) is 4.79 Å². The second-order valence-electron chi connectivity index (χ2n) is 2.57. The lowest BCUT2D eigenvalue weighted by atomic mass is 10.2. The number of hydrogen-bond acceptors (Lipinski definition) is 4. The summed E-state index contributed by atoms with van der Waals surface area (Å²) in [7, 11) is 0. The van der Waals surface area contributed by atoms with Gasteiger partial charge in [0.15, 0.2) is 0 Å². The van der Waals surface area contributed by atoms with Crippen LogP contribution in [0.4, 0.5) is 5.69 Å². The normalized spacial score (nSPS) is 9.79. The maximum absolute atomic E-state index is 10.0. The van der Waals surface area contributed by atoms with Gasteiger partial charge in [0.25, 0.3) is 0 Å². The van der Waals surface area contributed by atoms with Crippen LogP contribution in [0.25, 0.3) is 10.9 Å². The number of aliphatic imine (C=N–C) groups is 1. The monoisotopic (exact) mass is 205 g/mol. The van der Waals surface area contributed by atoms with Gasteiger partial charge in [-0.25, -0.2) is 14.8 Å². The third-order valence-electron chi connectivity index (χ3n) is 1.75. The second-order valence-corrected chi connectivity index (χ2v) is 2.93. The summed E-state index contributed by atoms with van der Waals surface area (Å²) >= 11 is 5.84. The van der Waals surface area contributed by atoms with E-state index in [-0.39, 0.29) is 0 Å². The molecule has 68 valence electrons. The number of halogens is 1. The highest BCUT2D eigenvalue weighted by molar-refractivity contribution is 6.34. The van der Waals surface area contributed by atoms with Crippen LogP contribution in [0.2, 0.25) is 5.15 Å². The van der Waals surface area contributed by atoms with Gasteiger partial charge < -0.3 is 0 Å². The molecule has 0 amide bonds. The molecule has 1 aromatic carbocycles. The van der Waals surface area contributed by atoms with Crippen molar-refractivity contribution in [3.63, 3.8) is 0 Å². The molecule has 0 aliphatic heterocycles. The fourth-order valence-electron chi connectivity index (χ4n) is 1.14. The molecule has 0 atom stereocenters. The van der Waals surface area contributed by atoms with E-state index in [9.17, 15) is 4.79 Å². The van der Waals surface area contributed by atoms with Crippen molar-refractivity contribution in [2.24, 2.45) is 4.99 Å². The zero-order valence-corrected chi connectivity index (χ0v) is 7.69. The zero-order chi connectivity index (χ0) is 9.97. The Morgan fingerprint density at radius 3 is 3.00 bits per heavy atom. The van der Waals surface area contributed by atoms with Crippen molar-refractivity contribution in [1.82, 2.24) is 9.97 Å². The molecule has 2 rings (SSSR count). The predicted molar refractivity (Wildman–Crippen MR) is 52.3 cm³/mol. The van der Waals surface area contributed by atoms with Crippen LogP contribution in [0.3, 0.4) is 0 Å². The largest absolute Gasteiger partial charge is 0.240 e.